The topological polar surface area (TPSA) is 22.1 Å². The molecule has 0 radical (unpaired) electrons. The Morgan fingerprint density at radius 3 is 2.87 bits per heavy atom. The molecule has 2 nitrogen and oxygen atoms in total. The van der Waals surface area contributed by atoms with E-state index < -0.39 is 0 Å². The van der Waals surface area contributed by atoms with Crippen molar-refractivity contribution in [3.8, 4) is 5.88 Å². The molecule has 0 amide bonds. The molecule has 1 rings (SSSR count). The van der Waals surface area contributed by atoms with Gasteiger partial charge in [-0.1, -0.05) is 25.8 Å². The molecule has 0 aromatic carbocycles. The van der Waals surface area contributed by atoms with Crippen molar-refractivity contribution < 1.29 is 4.74 Å². The van der Waals surface area contributed by atoms with Crippen molar-refractivity contribution in [2.24, 2.45) is 0 Å². The first-order valence-electron chi connectivity index (χ1n) is 5.82. The largest absolute Gasteiger partial charge is 0.474 e. The van der Waals surface area contributed by atoms with Crippen LogP contribution >= 0.6 is 0 Å². The maximum atomic E-state index is 5.78. The summed E-state index contributed by atoms with van der Waals surface area (Å²) in [6.45, 7) is 6.36. The molecule has 0 unspecified atom stereocenters. The summed E-state index contributed by atoms with van der Waals surface area (Å²) < 4.78 is 5.78. The molecule has 0 aliphatic heterocycles. The Morgan fingerprint density at radius 1 is 1.40 bits per heavy atom. The standard InChI is InChI=1S/C13H21NO/c1-4-5-6-9-12(3)15-13-11(2)8-7-10-14-13/h7-8,10,12H,4-6,9H2,1-3H3/t12-/m0/s1. The number of nitrogens with zero attached hydrogens (tertiary/aromatic N) is 1. The molecule has 0 bridgehead atoms. The molecule has 84 valence electrons. The zero-order valence-electron chi connectivity index (χ0n) is 9.99. The van der Waals surface area contributed by atoms with Crippen LogP contribution in [0.4, 0.5) is 0 Å². The van der Waals surface area contributed by atoms with Crippen LogP contribution in [0.15, 0.2) is 18.3 Å². The Hall–Kier alpha value is -1.05. The monoisotopic (exact) mass is 207 g/mol. The van der Waals surface area contributed by atoms with Gasteiger partial charge in [0.1, 0.15) is 0 Å². The lowest BCUT2D eigenvalue weighted by Gasteiger charge is -2.14. The van der Waals surface area contributed by atoms with Crippen molar-refractivity contribution in [1.82, 2.24) is 4.98 Å². The van der Waals surface area contributed by atoms with Crippen molar-refractivity contribution in [2.75, 3.05) is 0 Å². The summed E-state index contributed by atoms with van der Waals surface area (Å²) in [5.41, 5.74) is 1.11. The molecule has 0 aliphatic rings. The zero-order valence-corrected chi connectivity index (χ0v) is 9.99. The molecule has 1 aromatic heterocycles. The molecular formula is C13H21NO. The van der Waals surface area contributed by atoms with E-state index in [2.05, 4.69) is 18.8 Å². The van der Waals surface area contributed by atoms with E-state index in [0.717, 1.165) is 17.9 Å². The van der Waals surface area contributed by atoms with E-state index in [1.165, 1.54) is 19.3 Å². The zero-order chi connectivity index (χ0) is 11.1. The fraction of sp³-hybridized carbons (Fsp3) is 0.615. The summed E-state index contributed by atoms with van der Waals surface area (Å²) in [6, 6.07) is 3.96. The highest BCUT2D eigenvalue weighted by Gasteiger charge is 2.06. The van der Waals surface area contributed by atoms with Gasteiger partial charge < -0.3 is 4.74 Å². The molecule has 0 aliphatic carbocycles. The predicted octanol–water partition coefficient (Wildman–Crippen LogP) is 3.74. The first-order valence-corrected chi connectivity index (χ1v) is 5.82. The molecular weight excluding hydrogens is 186 g/mol. The van der Waals surface area contributed by atoms with E-state index in [9.17, 15) is 0 Å². The Labute approximate surface area is 92.7 Å². The predicted molar refractivity (Wildman–Crippen MR) is 63.2 cm³/mol. The van der Waals surface area contributed by atoms with Crippen LogP contribution in [0.25, 0.3) is 0 Å². The van der Waals surface area contributed by atoms with Crippen LogP contribution in [0.3, 0.4) is 0 Å². The van der Waals surface area contributed by atoms with Crippen molar-refractivity contribution in [3.05, 3.63) is 23.9 Å². The first-order chi connectivity index (χ1) is 7.24. The van der Waals surface area contributed by atoms with Crippen molar-refractivity contribution in [3.63, 3.8) is 0 Å². The molecule has 0 saturated heterocycles. The number of rotatable bonds is 6. The summed E-state index contributed by atoms with van der Waals surface area (Å²) in [5.74, 6) is 0.779. The normalized spacial score (nSPS) is 12.5. The third kappa shape index (κ3) is 4.32. The van der Waals surface area contributed by atoms with Crippen molar-refractivity contribution in [2.45, 2.75) is 52.6 Å². The first kappa shape index (κ1) is 12.0. The average molecular weight is 207 g/mol. The summed E-state index contributed by atoms with van der Waals surface area (Å²) in [5, 5.41) is 0. The van der Waals surface area contributed by atoms with Gasteiger partial charge in [-0.25, -0.2) is 4.98 Å². The molecule has 0 fully saturated rings. The summed E-state index contributed by atoms with van der Waals surface area (Å²) >= 11 is 0. The van der Waals surface area contributed by atoms with E-state index in [1.54, 1.807) is 6.20 Å². The van der Waals surface area contributed by atoms with Gasteiger partial charge >= 0.3 is 0 Å². The van der Waals surface area contributed by atoms with Gasteiger partial charge in [0.05, 0.1) is 6.10 Å². The third-order valence-electron chi connectivity index (χ3n) is 2.49. The number of hydrogen-bond acceptors (Lipinski definition) is 2. The second kappa shape index (κ2) is 6.44. The minimum atomic E-state index is 0.269. The highest BCUT2D eigenvalue weighted by atomic mass is 16.5. The van der Waals surface area contributed by atoms with Gasteiger partial charge in [-0.05, 0) is 32.8 Å². The van der Waals surface area contributed by atoms with Crippen LogP contribution < -0.4 is 4.74 Å². The van der Waals surface area contributed by atoms with Gasteiger partial charge in [0.25, 0.3) is 0 Å². The van der Waals surface area contributed by atoms with Crippen LogP contribution in [0.5, 0.6) is 5.88 Å². The molecule has 0 spiro atoms. The minimum Gasteiger partial charge on any atom is -0.474 e. The fourth-order valence-electron chi connectivity index (χ4n) is 1.53. The smallest absolute Gasteiger partial charge is 0.216 e. The van der Waals surface area contributed by atoms with Gasteiger partial charge in [0.15, 0.2) is 0 Å². The SMILES string of the molecule is CCCCC[C@H](C)Oc1ncccc1C. The van der Waals surface area contributed by atoms with Crippen LogP contribution in [0, 0.1) is 6.92 Å². The molecule has 1 heterocycles. The Morgan fingerprint density at radius 2 is 2.20 bits per heavy atom. The van der Waals surface area contributed by atoms with E-state index in [-0.39, 0.29) is 6.10 Å². The molecule has 1 aromatic rings. The maximum absolute atomic E-state index is 5.78. The lowest BCUT2D eigenvalue weighted by Crippen LogP contribution is -2.13. The van der Waals surface area contributed by atoms with Crippen molar-refractivity contribution >= 4 is 0 Å². The van der Waals surface area contributed by atoms with E-state index in [4.69, 9.17) is 4.74 Å². The van der Waals surface area contributed by atoms with Crippen LogP contribution in [-0.4, -0.2) is 11.1 Å². The number of unbranched alkanes of at least 4 members (excludes halogenated alkanes) is 2. The summed E-state index contributed by atoms with van der Waals surface area (Å²) in [4.78, 5) is 4.22. The third-order valence-corrected chi connectivity index (χ3v) is 2.49. The highest BCUT2D eigenvalue weighted by molar-refractivity contribution is 5.23. The fourth-order valence-corrected chi connectivity index (χ4v) is 1.53. The van der Waals surface area contributed by atoms with Gasteiger partial charge in [0, 0.05) is 11.8 Å². The van der Waals surface area contributed by atoms with Crippen LogP contribution in [0.2, 0.25) is 0 Å². The number of pyridine rings is 1. The Kier molecular flexibility index (Phi) is 5.16. The molecule has 0 N–H and O–H groups in total. The average Bonchev–Trinajstić information content (AvgIpc) is 2.22. The number of aromatic nitrogens is 1. The highest BCUT2D eigenvalue weighted by Crippen LogP contribution is 2.16. The number of aryl methyl sites for hydroxylation is 1. The number of hydrogen-bond donors (Lipinski definition) is 0. The number of ether oxygens (including phenoxy) is 1. The van der Waals surface area contributed by atoms with Crippen LogP contribution in [-0.2, 0) is 0 Å². The van der Waals surface area contributed by atoms with E-state index in [0.29, 0.717) is 0 Å². The second-order valence-corrected chi connectivity index (χ2v) is 4.05. The molecule has 0 saturated carbocycles. The van der Waals surface area contributed by atoms with Gasteiger partial charge in [-0.2, -0.15) is 0 Å². The van der Waals surface area contributed by atoms with Gasteiger partial charge in [0.2, 0.25) is 5.88 Å². The Balaban J connectivity index is 2.37. The van der Waals surface area contributed by atoms with Gasteiger partial charge in [-0.3, -0.25) is 0 Å². The van der Waals surface area contributed by atoms with Crippen LogP contribution in [0.1, 0.15) is 45.1 Å². The molecule has 1 atom stereocenters. The Bertz CT molecular complexity index is 286. The second-order valence-electron chi connectivity index (χ2n) is 4.05. The summed E-state index contributed by atoms with van der Waals surface area (Å²) in [7, 11) is 0. The molecule has 15 heavy (non-hydrogen) atoms. The molecule has 2 heteroatoms. The summed E-state index contributed by atoms with van der Waals surface area (Å²) in [6.07, 6.45) is 6.95. The van der Waals surface area contributed by atoms with E-state index >= 15 is 0 Å². The van der Waals surface area contributed by atoms with Gasteiger partial charge in [-0.15, -0.1) is 0 Å². The lowest BCUT2D eigenvalue weighted by atomic mass is 10.1. The quantitative estimate of drug-likeness (QED) is 0.663. The lowest BCUT2D eigenvalue weighted by molar-refractivity contribution is 0.197. The minimum absolute atomic E-state index is 0.269. The van der Waals surface area contributed by atoms with Crippen molar-refractivity contribution in [1.29, 1.82) is 0 Å². The maximum Gasteiger partial charge on any atom is 0.216 e. The van der Waals surface area contributed by atoms with E-state index in [1.807, 2.05) is 19.1 Å².